The summed E-state index contributed by atoms with van der Waals surface area (Å²) in [6.07, 6.45) is 1.42. The van der Waals surface area contributed by atoms with Crippen LogP contribution in [0.4, 0.5) is 4.39 Å². The van der Waals surface area contributed by atoms with Gasteiger partial charge in [0.1, 0.15) is 5.82 Å². The summed E-state index contributed by atoms with van der Waals surface area (Å²) in [5.41, 5.74) is 0.136. The highest BCUT2D eigenvalue weighted by molar-refractivity contribution is 5.85. The Kier molecular flexibility index (Phi) is 3.26. The standard InChI is InChI=1S/C15H19FN2O2/c1-2-15(10-19)9-17-7-6-13(18(17)14(15)20)11-4-3-5-12(16)8-11/h3-5,8,13,19H,2,6-7,9-10H2,1H3. The molecule has 2 atom stereocenters. The van der Waals surface area contributed by atoms with Crippen molar-refractivity contribution in [3.05, 3.63) is 35.6 Å². The van der Waals surface area contributed by atoms with E-state index < -0.39 is 5.41 Å². The van der Waals surface area contributed by atoms with Gasteiger partial charge in [-0.2, -0.15) is 0 Å². The monoisotopic (exact) mass is 278 g/mol. The normalized spacial score (nSPS) is 30.1. The lowest BCUT2D eigenvalue weighted by Crippen LogP contribution is -2.39. The average molecular weight is 278 g/mol. The molecule has 2 aliphatic rings. The van der Waals surface area contributed by atoms with E-state index in [2.05, 4.69) is 0 Å². The Labute approximate surface area is 117 Å². The number of hydrogen-bond donors (Lipinski definition) is 1. The molecule has 1 amide bonds. The van der Waals surface area contributed by atoms with Crippen molar-refractivity contribution in [3.8, 4) is 0 Å². The molecule has 1 aromatic rings. The highest BCUT2D eigenvalue weighted by Gasteiger charge is 2.54. The number of hydrazine groups is 1. The van der Waals surface area contributed by atoms with Crippen molar-refractivity contribution in [1.29, 1.82) is 0 Å². The second-order valence-corrected chi connectivity index (χ2v) is 5.69. The molecule has 1 N–H and O–H groups in total. The first kappa shape index (κ1) is 13.5. The van der Waals surface area contributed by atoms with E-state index in [4.69, 9.17) is 0 Å². The van der Waals surface area contributed by atoms with Crippen molar-refractivity contribution in [2.45, 2.75) is 25.8 Å². The maximum absolute atomic E-state index is 13.4. The Balaban J connectivity index is 1.92. The average Bonchev–Trinajstić information content (AvgIpc) is 2.98. The summed E-state index contributed by atoms with van der Waals surface area (Å²) < 4.78 is 13.4. The minimum absolute atomic E-state index is 0.0331. The number of rotatable bonds is 3. The van der Waals surface area contributed by atoms with Crippen molar-refractivity contribution in [1.82, 2.24) is 10.0 Å². The maximum atomic E-state index is 13.4. The van der Waals surface area contributed by atoms with Gasteiger partial charge in [0, 0.05) is 13.1 Å². The zero-order valence-electron chi connectivity index (χ0n) is 11.6. The molecule has 2 fully saturated rings. The predicted molar refractivity (Wildman–Crippen MR) is 72.0 cm³/mol. The van der Waals surface area contributed by atoms with Crippen LogP contribution in [0, 0.1) is 11.2 Å². The van der Waals surface area contributed by atoms with Gasteiger partial charge in [-0.25, -0.2) is 9.40 Å². The molecule has 20 heavy (non-hydrogen) atoms. The fourth-order valence-corrected chi connectivity index (χ4v) is 3.30. The molecule has 1 aromatic carbocycles. The van der Waals surface area contributed by atoms with Gasteiger partial charge < -0.3 is 5.11 Å². The van der Waals surface area contributed by atoms with Crippen LogP contribution in [-0.2, 0) is 4.79 Å². The van der Waals surface area contributed by atoms with E-state index in [9.17, 15) is 14.3 Å². The fraction of sp³-hybridized carbons (Fsp3) is 0.533. The van der Waals surface area contributed by atoms with Gasteiger partial charge in [0.05, 0.1) is 18.1 Å². The summed E-state index contributed by atoms with van der Waals surface area (Å²) in [6.45, 7) is 3.12. The molecule has 0 spiro atoms. The molecule has 5 heteroatoms. The number of fused-ring (bicyclic) bond motifs is 1. The predicted octanol–water partition coefficient (Wildman–Crippen LogP) is 1.72. The molecule has 2 aliphatic heterocycles. The third kappa shape index (κ3) is 1.84. The van der Waals surface area contributed by atoms with Crippen molar-refractivity contribution in [2.24, 2.45) is 5.41 Å². The van der Waals surface area contributed by atoms with Crippen LogP contribution in [-0.4, -0.2) is 40.7 Å². The van der Waals surface area contributed by atoms with E-state index in [0.717, 1.165) is 18.5 Å². The van der Waals surface area contributed by atoms with Gasteiger partial charge in [0.2, 0.25) is 5.91 Å². The lowest BCUT2D eigenvalue weighted by Gasteiger charge is -2.27. The van der Waals surface area contributed by atoms with Crippen molar-refractivity contribution in [3.63, 3.8) is 0 Å². The first-order chi connectivity index (χ1) is 9.61. The largest absolute Gasteiger partial charge is 0.395 e. The van der Waals surface area contributed by atoms with E-state index in [1.54, 1.807) is 11.1 Å². The number of carbonyl (C=O) groups is 1. The van der Waals surface area contributed by atoms with Gasteiger partial charge in [-0.05, 0) is 30.5 Å². The fourth-order valence-electron chi connectivity index (χ4n) is 3.30. The Hall–Kier alpha value is -1.46. The topological polar surface area (TPSA) is 43.8 Å². The van der Waals surface area contributed by atoms with Gasteiger partial charge in [0.25, 0.3) is 0 Å². The third-order valence-corrected chi connectivity index (χ3v) is 4.62. The van der Waals surface area contributed by atoms with Crippen LogP contribution in [0.1, 0.15) is 31.4 Å². The number of hydrogen-bond acceptors (Lipinski definition) is 3. The van der Waals surface area contributed by atoms with Crippen LogP contribution in [0.3, 0.4) is 0 Å². The van der Waals surface area contributed by atoms with Crippen molar-refractivity contribution >= 4 is 5.91 Å². The van der Waals surface area contributed by atoms with E-state index in [1.807, 2.05) is 18.0 Å². The summed E-state index contributed by atoms with van der Waals surface area (Å²) in [5, 5.41) is 13.3. The zero-order chi connectivity index (χ0) is 14.3. The minimum Gasteiger partial charge on any atom is -0.395 e. The third-order valence-electron chi connectivity index (χ3n) is 4.62. The molecule has 4 nitrogen and oxygen atoms in total. The lowest BCUT2D eigenvalue weighted by atomic mass is 9.85. The summed E-state index contributed by atoms with van der Waals surface area (Å²) in [5.74, 6) is -0.314. The van der Waals surface area contributed by atoms with Crippen molar-refractivity contribution in [2.75, 3.05) is 19.7 Å². The molecule has 2 unspecified atom stereocenters. The molecule has 2 heterocycles. The molecule has 0 bridgehead atoms. The van der Waals surface area contributed by atoms with Crippen LogP contribution in [0.15, 0.2) is 24.3 Å². The van der Waals surface area contributed by atoms with Gasteiger partial charge in [-0.1, -0.05) is 19.1 Å². The SMILES string of the molecule is CCC1(CO)CN2CCC(c3cccc(F)c3)N2C1=O. The molecule has 0 aromatic heterocycles. The zero-order valence-corrected chi connectivity index (χ0v) is 11.6. The Bertz CT molecular complexity index is 530. The molecule has 2 saturated heterocycles. The number of nitrogens with zero attached hydrogens (tertiary/aromatic N) is 2. The molecule has 108 valence electrons. The highest BCUT2D eigenvalue weighted by Crippen LogP contribution is 2.43. The van der Waals surface area contributed by atoms with Gasteiger partial charge in [-0.15, -0.1) is 0 Å². The number of aliphatic hydroxyl groups excluding tert-OH is 1. The van der Waals surface area contributed by atoms with E-state index in [-0.39, 0.29) is 24.4 Å². The molecular formula is C15H19FN2O2. The Morgan fingerprint density at radius 2 is 2.30 bits per heavy atom. The second-order valence-electron chi connectivity index (χ2n) is 5.69. The van der Waals surface area contributed by atoms with Gasteiger partial charge in [0.15, 0.2) is 0 Å². The summed E-state index contributed by atoms with van der Waals surface area (Å²) in [7, 11) is 0. The minimum atomic E-state index is -0.688. The Morgan fingerprint density at radius 3 is 2.95 bits per heavy atom. The van der Waals surface area contributed by atoms with Gasteiger partial charge in [-0.3, -0.25) is 9.80 Å². The molecule has 3 rings (SSSR count). The number of amides is 1. The summed E-state index contributed by atoms with van der Waals surface area (Å²) >= 11 is 0. The maximum Gasteiger partial charge on any atom is 0.247 e. The van der Waals surface area contributed by atoms with Crippen LogP contribution < -0.4 is 0 Å². The molecule has 0 saturated carbocycles. The molecular weight excluding hydrogens is 259 g/mol. The summed E-state index contributed by atoms with van der Waals surface area (Å²) in [4.78, 5) is 12.7. The van der Waals surface area contributed by atoms with Crippen LogP contribution in [0.5, 0.6) is 0 Å². The number of aliphatic hydroxyl groups is 1. The van der Waals surface area contributed by atoms with Gasteiger partial charge >= 0.3 is 0 Å². The Morgan fingerprint density at radius 1 is 1.50 bits per heavy atom. The second kappa shape index (κ2) is 4.82. The lowest BCUT2D eigenvalue weighted by molar-refractivity contribution is -0.144. The smallest absolute Gasteiger partial charge is 0.247 e. The molecule has 0 radical (unpaired) electrons. The first-order valence-corrected chi connectivity index (χ1v) is 7.06. The number of halogens is 1. The van der Waals surface area contributed by atoms with Crippen LogP contribution in [0.2, 0.25) is 0 Å². The molecule has 0 aliphatic carbocycles. The van der Waals surface area contributed by atoms with Crippen molar-refractivity contribution < 1.29 is 14.3 Å². The highest BCUT2D eigenvalue weighted by atomic mass is 19.1. The first-order valence-electron chi connectivity index (χ1n) is 7.06. The quantitative estimate of drug-likeness (QED) is 0.915. The number of benzene rings is 1. The summed E-state index contributed by atoms with van der Waals surface area (Å²) in [6, 6.07) is 6.32. The van der Waals surface area contributed by atoms with E-state index >= 15 is 0 Å². The van der Waals surface area contributed by atoms with E-state index in [0.29, 0.717) is 13.0 Å². The number of carbonyl (C=O) groups excluding carboxylic acids is 1. The van der Waals surface area contributed by atoms with Crippen LogP contribution >= 0.6 is 0 Å². The van der Waals surface area contributed by atoms with E-state index in [1.165, 1.54) is 12.1 Å². The van der Waals surface area contributed by atoms with Crippen LogP contribution in [0.25, 0.3) is 0 Å².